The number of rotatable bonds is 3. The number of halogens is 1. The van der Waals surface area contributed by atoms with Crippen molar-refractivity contribution >= 4 is 28.3 Å². The molecule has 0 aliphatic heterocycles. The van der Waals surface area contributed by atoms with Crippen molar-refractivity contribution in [2.45, 2.75) is 13.5 Å². The van der Waals surface area contributed by atoms with E-state index in [-0.39, 0.29) is 5.56 Å². The van der Waals surface area contributed by atoms with Crippen molar-refractivity contribution in [2.24, 2.45) is 0 Å². The van der Waals surface area contributed by atoms with Crippen molar-refractivity contribution in [2.75, 3.05) is 0 Å². The zero-order chi connectivity index (χ0) is 20.0. The molecule has 0 N–H and O–H groups in total. The summed E-state index contributed by atoms with van der Waals surface area (Å²) in [6, 6.07) is 23.2. The summed E-state index contributed by atoms with van der Waals surface area (Å²) in [7, 11) is 0. The molecule has 0 saturated carbocycles. The first-order chi connectivity index (χ1) is 14.1. The van der Waals surface area contributed by atoms with Gasteiger partial charge in [0.1, 0.15) is 0 Å². The lowest BCUT2D eigenvalue weighted by Crippen LogP contribution is -2.24. The van der Waals surface area contributed by atoms with Gasteiger partial charge < -0.3 is 0 Å². The topological polar surface area (TPSA) is 52.2 Å². The van der Waals surface area contributed by atoms with E-state index in [1.165, 1.54) is 5.56 Å². The Morgan fingerprint density at radius 2 is 1.62 bits per heavy atom. The first kappa shape index (κ1) is 17.6. The second-order valence-electron chi connectivity index (χ2n) is 7.06. The number of aromatic nitrogens is 4. The van der Waals surface area contributed by atoms with Gasteiger partial charge in [-0.3, -0.25) is 13.8 Å². The maximum absolute atomic E-state index is 13.3. The van der Waals surface area contributed by atoms with Crippen LogP contribution in [0.1, 0.15) is 11.1 Å². The van der Waals surface area contributed by atoms with Gasteiger partial charge in [-0.15, -0.1) is 10.2 Å². The van der Waals surface area contributed by atoms with Crippen LogP contribution >= 0.6 is 11.6 Å². The summed E-state index contributed by atoms with van der Waals surface area (Å²) in [5.41, 5.74) is 3.79. The lowest BCUT2D eigenvalue weighted by molar-refractivity contribution is 0.766. The first-order valence-electron chi connectivity index (χ1n) is 9.30. The summed E-state index contributed by atoms with van der Waals surface area (Å²) in [4.78, 5) is 13.3. The SMILES string of the molecule is Cc1ccc(Cn2c(=O)c3ccccc3n3c(-c4ccc(Cl)cc4)nnc23)cc1. The molecule has 6 heteroatoms. The Balaban J connectivity index is 1.81. The Morgan fingerprint density at radius 3 is 2.38 bits per heavy atom. The van der Waals surface area contributed by atoms with Crippen LogP contribution in [0.15, 0.2) is 77.6 Å². The van der Waals surface area contributed by atoms with Crippen LogP contribution in [0, 0.1) is 6.92 Å². The number of benzene rings is 3. The third-order valence-electron chi connectivity index (χ3n) is 5.07. The molecule has 5 rings (SSSR count). The maximum Gasteiger partial charge on any atom is 0.263 e. The van der Waals surface area contributed by atoms with Crippen LogP contribution in [0.5, 0.6) is 0 Å². The molecule has 5 nitrogen and oxygen atoms in total. The van der Waals surface area contributed by atoms with Gasteiger partial charge in [0.2, 0.25) is 5.78 Å². The summed E-state index contributed by atoms with van der Waals surface area (Å²) in [6.45, 7) is 2.47. The van der Waals surface area contributed by atoms with E-state index in [0.717, 1.165) is 16.6 Å². The maximum atomic E-state index is 13.3. The summed E-state index contributed by atoms with van der Waals surface area (Å²) in [5.74, 6) is 1.18. The van der Waals surface area contributed by atoms with Crippen molar-refractivity contribution < 1.29 is 0 Å². The fraction of sp³-hybridized carbons (Fsp3) is 0.0870. The molecule has 0 atom stereocenters. The Morgan fingerprint density at radius 1 is 0.897 bits per heavy atom. The Labute approximate surface area is 171 Å². The number of fused-ring (bicyclic) bond motifs is 3. The number of hydrogen-bond donors (Lipinski definition) is 0. The zero-order valence-corrected chi connectivity index (χ0v) is 16.5. The van der Waals surface area contributed by atoms with Crippen LogP contribution in [-0.4, -0.2) is 19.2 Å². The molecule has 2 aromatic heterocycles. The molecular formula is C23H17ClN4O. The van der Waals surface area contributed by atoms with Crippen molar-refractivity contribution in [1.29, 1.82) is 0 Å². The summed E-state index contributed by atoms with van der Waals surface area (Å²) in [5, 5.41) is 10.1. The highest BCUT2D eigenvalue weighted by atomic mass is 35.5. The van der Waals surface area contributed by atoms with Crippen molar-refractivity contribution in [3.8, 4) is 11.4 Å². The molecule has 0 aliphatic rings. The lowest BCUT2D eigenvalue weighted by Gasteiger charge is -2.12. The van der Waals surface area contributed by atoms with E-state index in [2.05, 4.69) is 10.2 Å². The highest BCUT2D eigenvalue weighted by molar-refractivity contribution is 6.30. The zero-order valence-electron chi connectivity index (χ0n) is 15.7. The molecule has 142 valence electrons. The van der Waals surface area contributed by atoms with E-state index in [4.69, 9.17) is 11.6 Å². The lowest BCUT2D eigenvalue weighted by atomic mass is 10.1. The standard InChI is InChI=1S/C23H17ClN4O/c1-15-6-8-16(9-7-15)14-27-22(29)19-4-2-3-5-20(19)28-21(25-26-23(27)28)17-10-12-18(24)13-11-17/h2-13H,14H2,1H3. The monoisotopic (exact) mass is 400 g/mol. The molecule has 0 unspecified atom stereocenters. The van der Waals surface area contributed by atoms with Gasteiger partial charge in [0.25, 0.3) is 5.56 Å². The number of hydrogen-bond acceptors (Lipinski definition) is 3. The molecule has 0 fully saturated rings. The van der Waals surface area contributed by atoms with E-state index in [1.807, 2.05) is 84.1 Å². The number of para-hydroxylation sites is 1. The summed E-state index contributed by atoms with van der Waals surface area (Å²) in [6.07, 6.45) is 0. The normalized spacial score (nSPS) is 11.4. The van der Waals surface area contributed by atoms with Gasteiger partial charge >= 0.3 is 0 Å². The average molecular weight is 401 g/mol. The third kappa shape index (κ3) is 3.00. The average Bonchev–Trinajstić information content (AvgIpc) is 3.18. The number of aryl methyl sites for hydroxylation is 1. The van der Waals surface area contributed by atoms with Gasteiger partial charge in [-0.1, -0.05) is 53.6 Å². The van der Waals surface area contributed by atoms with E-state index in [9.17, 15) is 4.79 Å². The van der Waals surface area contributed by atoms with Crippen LogP contribution < -0.4 is 5.56 Å². The van der Waals surface area contributed by atoms with E-state index < -0.39 is 0 Å². The smallest absolute Gasteiger partial charge is 0.263 e. The Bertz CT molecular complexity index is 1400. The molecule has 3 aromatic carbocycles. The molecule has 2 heterocycles. The summed E-state index contributed by atoms with van der Waals surface area (Å²) >= 11 is 6.05. The first-order valence-corrected chi connectivity index (χ1v) is 9.68. The fourth-order valence-electron chi connectivity index (χ4n) is 3.56. The van der Waals surface area contributed by atoms with Crippen LogP contribution in [0.3, 0.4) is 0 Å². The molecule has 0 spiro atoms. The quantitative estimate of drug-likeness (QED) is 0.440. The predicted molar refractivity (Wildman–Crippen MR) is 115 cm³/mol. The molecule has 0 amide bonds. The largest absolute Gasteiger partial charge is 0.272 e. The van der Waals surface area contributed by atoms with E-state index in [0.29, 0.717) is 28.6 Å². The summed E-state index contributed by atoms with van der Waals surface area (Å²) < 4.78 is 3.62. The van der Waals surface area contributed by atoms with E-state index in [1.54, 1.807) is 4.57 Å². The van der Waals surface area contributed by atoms with Gasteiger partial charge in [-0.2, -0.15) is 0 Å². The van der Waals surface area contributed by atoms with E-state index >= 15 is 0 Å². The van der Waals surface area contributed by atoms with Gasteiger partial charge in [0, 0.05) is 10.6 Å². The highest BCUT2D eigenvalue weighted by Gasteiger charge is 2.17. The molecule has 0 radical (unpaired) electrons. The third-order valence-corrected chi connectivity index (χ3v) is 5.32. The van der Waals surface area contributed by atoms with Crippen LogP contribution in [-0.2, 0) is 6.54 Å². The molecule has 0 bridgehead atoms. The molecular weight excluding hydrogens is 384 g/mol. The minimum Gasteiger partial charge on any atom is -0.272 e. The molecule has 29 heavy (non-hydrogen) atoms. The molecule has 5 aromatic rings. The van der Waals surface area contributed by atoms with Crippen LogP contribution in [0.25, 0.3) is 28.1 Å². The van der Waals surface area contributed by atoms with Crippen LogP contribution in [0.4, 0.5) is 0 Å². The second-order valence-corrected chi connectivity index (χ2v) is 7.50. The Hall–Kier alpha value is -3.44. The molecule has 0 saturated heterocycles. The van der Waals surface area contributed by atoms with Gasteiger partial charge in [0.15, 0.2) is 5.82 Å². The van der Waals surface area contributed by atoms with Crippen molar-refractivity contribution in [3.05, 3.63) is 99.3 Å². The Kier molecular flexibility index (Phi) is 4.18. The highest BCUT2D eigenvalue weighted by Crippen LogP contribution is 2.24. The molecule has 0 aliphatic carbocycles. The number of nitrogens with zero attached hydrogens (tertiary/aromatic N) is 4. The van der Waals surface area contributed by atoms with Crippen LogP contribution in [0.2, 0.25) is 5.02 Å². The van der Waals surface area contributed by atoms with Gasteiger partial charge in [-0.25, -0.2) is 0 Å². The minimum absolute atomic E-state index is 0.0799. The second kappa shape index (κ2) is 6.87. The predicted octanol–water partition coefficient (Wildman–Crippen LogP) is 4.72. The van der Waals surface area contributed by atoms with Crippen molar-refractivity contribution in [3.63, 3.8) is 0 Å². The fourth-order valence-corrected chi connectivity index (χ4v) is 3.69. The van der Waals surface area contributed by atoms with Crippen molar-refractivity contribution in [1.82, 2.24) is 19.2 Å². The minimum atomic E-state index is -0.0799. The van der Waals surface area contributed by atoms with Gasteiger partial charge in [-0.05, 0) is 48.9 Å². The van der Waals surface area contributed by atoms with Gasteiger partial charge in [0.05, 0.1) is 17.4 Å².